The van der Waals surface area contributed by atoms with Gasteiger partial charge in [0, 0.05) is 19.3 Å². The van der Waals surface area contributed by atoms with E-state index in [1.54, 1.807) is 0 Å². The summed E-state index contributed by atoms with van der Waals surface area (Å²) in [5, 5.41) is 0. The van der Waals surface area contributed by atoms with Gasteiger partial charge in [0.2, 0.25) is 0 Å². The predicted molar refractivity (Wildman–Crippen MR) is 358 cm³/mol. The van der Waals surface area contributed by atoms with Gasteiger partial charge in [-0.1, -0.05) is 338 Å². The maximum absolute atomic E-state index is 12.9. The molecule has 0 saturated carbocycles. The molecule has 0 amide bonds. The van der Waals surface area contributed by atoms with Crippen LogP contribution in [0.15, 0.2) is 72.9 Å². The SMILES string of the molecule is CC/C=C\C/C=C\C/C=C\C/C=C\C/C=C\CCCCCCCC(=O)OC(COC(=O)CCCCCCCCCCCCCCCC)COC(=O)CCCCCCCCCCCCCCCCCCC/C=C\CCCCCCCCCC. The van der Waals surface area contributed by atoms with Gasteiger partial charge in [-0.15, -0.1) is 0 Å². The van der Waals surface area contributed by atoms with Gasteiger partial charge in [-0.25, -0.2) is 0 Å². The van der Waals surface area contributed by atoms with Crippen LogP contribution in [0.3, 0.4) is 0 Å². The third kappa shape index (κ3) is 67.6. The van der Waals surface area contributed by atoms with E-state index in [-0.39, 0.29) is 31.1 Å². The van der Waals surface area contributed by atoms with E-state index in [1.807, 2.05) is 0 Å². The summed E-state index contributed by atoms with van der Waals surface area (Å²) in [7, 11) is 0. The Kier molecular flexibility index (Phi) is 67.6. The molecule has 1 atom stereocenters. The second-order valence-corrected chi connectivity index (χ2v) is 24.1. The highest BCUT2D eigenvalue weighted by molar-refractivity contribution is 5.71. The summed E-state index contributed by atoms with van der Waals surface area (Å²) in [5.41, 5.74) is 0. The quantitative estimate of drug-likeness (QED) is 0.0261. The first kappa shape index (κ1) is 78.8. The minimum absolute atomic E-state index is 0.0791. The van der Waals surface area contributed by atoms with E-state index < -0.39 is 6.10 Å². The molecule has 0 aromatic heterocycles. The van der Waals surface area contributed by atoms with Gasteiger partial charge in [-0.05, 0) is 89.9 Å². The fraction of sp³-hybridized carbons (Fsp3) is 0.803. The van der Waals surface area contributed by atoms with Crippen molar-refractivity contribution in [1.82, 2.24) is 0 Å². The van der Waals surface area contributed by atoms with Gasteiger partial charge >= 0.3 is 17.9 Å². The number of ether oxygens (including phenoxy) is 3. The molecule has 476 valence electrons. The van der Waals surface area contributed by atoms with E-state index >= 15 is 0 Å². The molecular formula is C76H136O6. The third-order valence-corrected chi connectivity index (χ3v) is 15.9. The number of allylic oxidation sites excluding steroid dienone is 12. The monoisotopic (exact) mass is 1150 g/mol. The van der Waals surface area contributed by atoms with Gasteiger partial charge in [0.1, 0.15) is 13.2 Å². The van der Waals surface area contributed by atoms with Crippen LogP contribution in [0.2, 0.25) is 0 Å². The van der Waals surface area contributed by atoms with Gasteiger partial charge in [0.25, 0.3) is 0 Å². The number of carbonyl (C=O) groups excluding carboxylic acids is 3. The molecule has 82 heavy (non-hydrogen) atoms. The van der Waals surface area contributed by atoms with Crippen LogP contribution in [0.4, 0.5) is 0 Å². The van der Waals surface area contributed by atoms with Crippen LogP contribution in [0.5, 0.6) is 0 Å². The minimum Gasteiger partial charge on any atom is -0.462 e. The second-order valence-electron chi connectivity index (χ2n) is 24.1. The zero-order chi connectivity index (χ0) is 59.2. The number of hydrogen-bond donors (Lipinski definition) is 0. The fourth-order valence-electron chi connectivity index (χ4n) is 10.6. The molecule has 0 aliphatic heterocycles. The molecule has 0 aromatic carbocycles. The van der Waals surface area contributed by atoms with Crippen molar-refractivity contribution >= 4 is 17.9 Å². The Bertz CT molecular complexity index is 1500. The van der Waals surface area contributed by atoms with Crippen LogP contribution in [0.25, 0.3) is 0 Å². The minimum atomic E-state index is -0.785. The molecule has 0 aromatic rings. The van der Waals surface area contributed by atoms with E-state index in [4.69, 9.17) is 14.2 Å². The number of unbranched alkanes of at least 4 members (excludes halogenated alkanes) is 43. The lowest BCUT2D eigenvalue weighted by Crippen LogP contribution is -2.30. The number of rotatable bonds is 66. The van der Waals surface area contributed by atoms with Crippen molar-refractivity contribution in [2.45, 2.75) is 380 Å². The van der Waals surface area contributed by atoms with Crippen LogP contribution in [0, 0.1) is 0 Å². The van der Waals surface area contributed by atoms with Crippen LogP contribution in [-0.2, 0) is 28.6 Å². The van der Waals surface area contributed by atoms with Crippen molar-refractivity contribution < 1.29 is 28.6 Å². The molecule has 0 rings (SSSR count). The Labute approximate surface area is 510 Å². The van der Waals surface area contributed by atoms with E-state index in [0.29, 0.717) is 19.3 Å². The molecule has 0 spiro atoms. The maximum atomic E-state index is 12.9. The van der Waals surface area contributed by atoms with E-state index in [1.165, 1.54) is 225 Å². The highest BCUT2D eigenvalue weighted by atomic mass is 16.6. The Morgan fingerprint density at radius 3 is 0.756 bits per heavy atom. The molecule has 0 radical (unpaired) electrons. The second kappa shape index (κ2) is 70.3. The topological polar surface area (TPSA) is 78.9 Å². The zero-order valence-electron chi connectivity index (χ0n) is 54.8. The standard InChI is InChI=1S/C76H136O6/c1-4-7-10-13-16-19-22-25-28-30-32-34-35-36-37-38-39-40-41-43-44-46-48-51-54-57-60-63-66-69-75(78)81-72-73(71-80-74(77)68-65-62-59-56-53-50-27-24-21-18-15-12-9-6-3)82-76(79)70-67-64-61-58-55-52-49-47-45-42-33-31-29-26-23-20-17-14-11-8-5-2/h8,11,17,20,26,29-30,32-33,42,47,49,73H,4-7,9-10,12-16,18-19,21-25,27-28,31,34-41,43-46,48,50-72H2,1-3H3/b11-8-,20-17-,29-26-,32-30-,42-33-,49-47-. The average molecular weight is 1150 g/mol. The summed E-state index contributed by atoms with van der Waals surface area (Å²) >= 11 is 0. The molecule has 0 aliphatic carbocycles. The summed E-state index contributed by atoms with van der Waals surface area (Å²) in [4.78, 5) is 38.4. The first-order valence-corrected chi connectivity index (χ1v) is 35.9. The van der Waals surface area contributed by atoms with Crippen molar-refractivity contribution in [2.75, 3.05) is 13.2 Å². The Hall–Kier alpha value is -3.15. The van der Waals surface area contributed by atoms with Crippen molar-refractivity contribution in [3.63, 3.8) is 0 Å². The van der Waals surface area contributed by atoms with Gasteiger partial charge in [0.15, 0.2) is 6.10 Å². The molecule has 1 unspecified atom stereocenters. The highest BCUT2D eigenvalue weighted by Crippen LogP contribution is 2.18. The van der Waals surface area contributed by atoms with Gasteiger partial charge < -0.3 is 14.2 Å². The van der Waals surface area contributed by atoms with Crippen LogP contribution in [0.1, 0.15) is 374 Å². The summed E-state index contributed by atoms with van der Waals surface area (Å²) < 4.78 is 17.0. The van der Waals surface area contributed by atoms with E-state index in [9.17, 15) is 14.4 Å². The first-order chi connectivity index (χ1) is 40.5. The van der Waals surface area contributed by atoms with Crippen molar-refractivity contribution in [1.29, 1.82) is 0 Å². The Balaban J connectivity index is 4.26. The first-order valence-electron chi connectivity index (χ1n) is 35.9. The number of esters is 3. The molecule has 0 aliphatic rings. The lowest BCUT2D eigenvalue weighted by atomic mass is 10.0. The summed E-state index contributed by atoms with van der Waals surface area (Å²) in [6, 6.07) is 0. The van der Waals surface area contributed by atoms with E-state index in [0.717, 1.165) is 109 Å². The van der Waals surface area contributed by atoms with Gasteiger partial charge in [-0.2, -0.15) is 0 Å². The number of carbonyl (C=O) groups is 3. The van der Waals surface area contributed by atoms with E-state index in [2.05, 4.69) is 93.7 Å². The molecule has 6 heteroatoms. The fourth-order valence-corrected chi connectivity index (χ4v) is 10.6. The third-order valence-electron chi connectivity index (χ3n) is 15.9. The molecule has 0 N–H and O–H groups in total. The number of hydrogen-bond acceptors (Lipinski definition) is 6. The maximum Gasteiger partial charge on any atom is 0.306 e. The molecule has 6 nitrogen and oxygen atoms in total. The van der Waals surface area contributed by atoms with Crippen LogP contribution < -0.4 is 0 Å². The Morgan fingerprint density at radius 1 is 0.256 bits per heavy atom. The molecule has 0 fully saturated rings. The normalized spacial score (nSPS) is 12.5. The Morgan fingerprint density at radius 2 is 0.476 bits per heavy atom. The van der Waals surface area contributed by atoms with Crippen molar-refractivity contribution in [3.05, 3.63) is 72.9 Å². The van der Waals surface area contributed by atoms with Crippen molar-refractivity contribution in [2.24, 2.45) is 0 Å². The average Bonchev–Trinajstić information content (AvgIpc) is 3.47. The molecule has 0 bridgehead atoms. The van der Waals surface area contributed by atoms with Gasteiger partial charge in [0.05, 0.1) is 0 Å². The highest BCUT2D eigenvalue weighted by Gasteiger charge is 2.19. The summed E-state index contributed by atoms with van der Waals surface area (Å²) in [6.07, 6.45) is 92.2. The smallest absolute Gasteiger partial charge is 0.306 e. The summed E-state index contributed by atoms with van der Waals surface area (Å²) in [5.74, 6) is -0.875. The molecule has 0 heterocycles. The summed E-state index contributed by atoms with van der Waals surface area (Å²) in [6.45, 7) is 6.57. The molecule has 0 saturated heterocycles. The molecular weight excluding hydrogens is 1010 g/mol. The lowest BCUT2D eigenvalue weighted by molar-refractivity contribution is -0.167. The largest absolute Gasteiger partial charge is 0.462 e. The van der Waals surface area contributed by atoms with Crippen molar-refractivity contribution in [3.8, 4) is 0 Å². The zero-order valence-corrected chi connectivity index (χ0v) is 54.8. The lowest BCUT2D eigenvalue weighted by Gasteiger charge is -2.18. The van der Waals surface area contributed by atoms with Crippen LogP contribution in [-0.4, -0.2) is 37.2 Å². The van der Waals surface area contributed by atoms with Crippen LogP contribution >= 0.6 is 0 Å². The predicted octanol–water partition coefficient (Wildman–Crippen LogP) is 24.8. The van der Waals surface area contributed by atoms with Gasteiger partial charge in [-0.3, -0.25) is 14.4 Å².